The SMILES string of the molecule is CC(C)(C)c1ccc2c(-c3cccc4ccccc34)c3ccccc3c(-c3ccc(-c4ccccc4)cc3)c2c1.c1cc(-c2ccc3ccccc3c2)cc(-c2c3ccccc3c(-c3cccc4ccccc34)c3ccccc23)c1.c1ccc(-c2cccc(-c3c4ccccc4c(-c4ccc5ccccc5c4)c4ccccc34)c2)cc1. The van der Waals surface area contributed by atoms with Crippen LogP contribution in [-0.2, 0) is 5.41 Å². The van der Waals surface area contributed by atoms with Crippen LogP contribution in [0.5, 0.6) is 0 Å². The fourth-order valence-corrected chi connectivity index (χ4v) is 18.1. The second-order valence-electron chi connectivity index (χ2n) is 31.6. The van der Waals surface area contributed by atoms with E-state index in [0.717, 1.165) is 0 Å². The molecule has 0 fully saturated rings. The lowest BCUT2D eigenvalue weighted by Crippen LogP contribution is -2.10. The van der Waals surface area contributed by atoms with E-state index in [1.165, 1.54) is 213 Å². The van der Waals surface area contributed by atoms with Gasteiger partial charge in [0, 0.05) is 0 Å². The molecule has 0 aliphatic carbocycles. The van der Waals surface area contributed by atoms with Gasteiger partial charge < -0.3 is 0 Å². The molecule has 0 aliphatic heterocycles. The number of hydrogen-bond acceptors (Lipinski definition) is 0. The molecular weight excluding hydrogens is 1390 g/mol. The monoisotopic (exact) mass is 1470 g/mol. The number of fused-ring (bicyclic) bond motifs is 10. The van der Waals surface area contributed by atoms with Crippen molar-refractivity contribution >= 4 is 108 Å². The standard InChI is InChI=1S/C40H26.C40H32.C36H24/c1-2-13-29-25-31(24-23-27(29)11-1)30-15-9-16-32(26-30)39-35-18-5-7-20-37(35)40(38-21-8-6-19-36(38)39)34-22-10-14-28-12-3-4-17-33(28)34;1-40(2,3)31-24-25-36-37(26-31)38(30-22-20-28(21-23-30)27-12-5-4-6-13-27)34-17-9-10-18-35(34)39(36)33-19-11-15-29-14-7-8-16-32(29)33;1-2-11-25(12-3-1)28-15-10-16-29(23-28)35-31-17-6-8-19-33(31)36(34-20-9-7-18-32(34)35)30-22-21-26-13-4-5-14-27(26)24-30/h1-26H;4-26H,1-3H3;1-24H. The first-order valence-corrected chi connectivity index (χ1v) is 40.4. The molecule has 0 aliphatic rings. The molecule has 546 valence electrons. The van der Waals surface area contributed by atoms with E-state index in [9.17, 15) is 0 Å². The molecule has 0 aromatic heterocycles. The fourth-order valence-electron chi connectivity index (χ4n) is 18.1. The first-order valence-electron chi connectivity index (χ1n) is 40.4. The fraction of sp³-hybridized carbons (Fsp3) is 0.0345. The Morgan fingerprint density at radius 1 is 0.129 bits per heavy atom. The van der Waals surface area contributed by atoms with Gasteiger partial charge in [-0.1, -0.05) is 433 Å². The molecule has 0 unspecified atom stereocenters. The molecule has 0 saturated heterocycles. The highest BCUT2D eigenvalue weighted by Crippen LogP contribution is 2.50. The molecule has 0 radical (unpaired) electrons. The Labute approximate surface area is 677 Å². The molecule has 0 saturated carbocycles. The maximum atomic E-state index is 2.44. The second kappa shape index (κ2) is 30.2. The van der Waals surface area contributed by atoms with Gasteiger partial charge in [0.05, 0.1) is 0 Å². The summed E-state index contributed by atoms with van der Waals surface area (Å²) in [5.41, 5.74) is 24.2. The Balaban J connectivity index is 0.000000112. The average molecular weight is 1480 g/mol. The van der Waals surface area contributed by atoms with Gasteiger partial charge >= 0.3 is 0 Å². The van der Waals surface area contributed by atoms with Gasteiger partial charge in [-0.2, -0.15) is 0 Å². The average Bonchev–Trinajstić information content (AvgIpc) is 0.727. The summed E-state index contributed by atoms with van der Waals surface area (Å²) < 4.78 is 0. The normalized spacial score (nSPS) is 11.6. The van der Waals surface area contributed by atoms with Gasteiger partial charge in [0.25, 0.3) is 0 Å². The minimum absolute atomic E-state index is 0.0495. The Hall–Kier alpha value is -14.6. The van der Waals surface area contributed by atoms with Gasteiger partial charge in [0.1, 0.15) is 0 Å². The van der Waals surface area contributed by atoms with Crippen LogP contribution in [0.3, 0.4) is 0 Å². The summed E-state index contributed by atoms with van der Waals surface area (Å²) in [5, 5.41) is 25.6. The summed E-state index contributed by atoms with van der Waals surface area (Å²) in [6.07, 6.45) is 0. The van der Waals surface area contributed by atoms with E-state index in [2.05, 4.69) is 464 Å². The molecule has 0 amide bonds. The molecular formula is C116H82. The summed E-state index contributed by atoms with van der Waals surface area (Å²) in [6.45, 7) is 6.90. The Bertz CT molecular complexity index is 7400. The van der Waals surface area contributed by atoms with Gasteiger partial charge in [0.2, 0.25) is 0 Å². The predicted molar refractivity (Wildman–Crippen MR) is 502 cm³/mol. The first-order chi connectivity index (χ1) is 57.2. The van der Waals surface area contributed by atoms with Crippen molar-refractivity contribution < 1.29 is 0 Å². The highest BCUT2D eigenvalue weighted by atomic mass is 14.3. The van der Waals surface area contributed by atoms with E-state index in [-0.39, 0.29) is 5.41 Å². The van der Waals surface area contributed by atoms with Gasteiger partial charge in [-0.3, -0.25) is 0 Å². The third-order valence-electron chi connectivity index (χ3n) is 23.7. The van der Waals surface area contributed by atoms with E-state index in [1.807, 2.05) is 0 Å². The molecule has 22 aromatic rings. The quantitative estimate of drug-likeness (QED) is 0.126. The first kappa shape index (κ1) is 70.5. The van der Waals surface area contributed by atoms with Crippen molar-refractivity contribution in [1.29, 1.82) is 0 Å². The Morgan fingerprint density at radius 2 is 0.379 bits per heavy atom. The molecule has 22 rings (SSSR count). The van der Waals surface area contributed by atoms with Crippen LogP contribution >= 0.6 is 0 Å². The zero-order valence-corrected chi connectivity index (χ0v) is 65.1. The molecule has 0 atom stereocenters. The van der Waals surface area contributed by atoms with Crippen LogP contribution in [0.1, 0.15) is 26.3 Å². The maximum absolute atomic E-state index is 2.44. The Morgan fingerprint density at radius 3 is 0.802 bits per heavy atom. The number of benzene rings is 22. The molecule has 0 spiro atoms. The topological polar surface area (TPSA) is 0 Å². The van der Waals surface area contributed by atoms with Crippen LogP contribution in [0.2, 0.25) is 0 Å². The summed E-state index contributed by atoms with van der Waals surface area (Å²) >= 11 is 0. The minimum Gasteiger partial charge on any atom is -0.0622 e. The zero-order valence-electron chi connectivity index (χ0n) is 65.1. The van der Waals surface area contributed by atoms with Gasteiger partial charge in [-0.25, -0.2) is 0 Å². The van der Waals surface area contributed by atoms with E-state index < -0.39 is 0 Å². The van der Waals surface area contributed by atoms with Crippen LogP contribution in [-0.4, -0.2) is 0 Å². The smallest absolute Gasteiger partial charge is 0.00201 e. The molecule has 0 heterocycles. The van der Waals surface area contributed by atoms with Gasteiger partial charge in [-0.15, -0.1) is 0 Å². The van der Waals surface area contributed by atoms with Crippen LogP contribution in [0.15, 0.2) is 443 Å². The highest BCUT2D eigenvalue weighted by molar-refractivity contribution is 6.26. The molecule has 22 aromatic carbocycles. The lowest BCUT2D eigenvalue weighted by atomic mass is 9.80. The molecule has 0 bridgehead atoms. The molecule has 0 N–H and O–H groups in total. The lowest BCUT2D eigenvalue weighted by molar-refractivity contribution is 0.591. The summed E-state index contributed by atoms with van der Waals surface area (Å²) in [7, 11) is 0. The van der Waals surface area contributed by atoms with Crippen molar-refractivity contribution in [2.24, 2.45) is 0 Å². The number of hydrogen-bond donors (Lipinski definition) is 0. The zero-order chi connectivity index (χ0) is 77.6. The summed E-state index contributed by atoms with van der Waals surface area (Å²) in [6, 6.07) is 162. The van der Waals surface area contributed by atoms with Crippen LogP contribution in [0.4, 0.5) is 0 Å². The third kappa shape index (κ3) is 13.1. The maximum Gasteiger partial charge on any atom is -0.00201 e. The summed E-state index contributed by atoms with van der Waals surface area (Å²) in [5.74, 6) is 0. The lowest BCUT2D eigenvalue weighted by Gasteiger charge is -2.23. The van der Waals surface area contributed by atoms with Crippen molar-refractivity contribution in [3.63, 3.8) is 0 Å². The van der Waals surface area contributed by atoms with Gasteiger partial charge in [0.15, 0.2) is 0 Å². The third-order valence-corrected chi connectivity index (χ3v) is 23.7. The van der Waals surface area contributed by atoms with Crippen molar-refractivity contribution in [3.05, 3.63) is 448 Å². The highest BCUT2D eigenvalue weighted by Gasteiger charge is 2.24. The van der Waals surface area contributed by atoms with E-state index in [1.54, 1.807) is 0 Å². The van der Waals surface area contributed by atoms with Gasteiger partial charge in [-0.05, 0) is 249 Å². The number of rotatable bonds is 9. The summed E-state index contributed by atoms with van der Waals surface area (Å²) in [4.78, 5) is 0. The van der Waals surface area contributed by atoms with Crippen LogP contribution in [0.25, 0.3) is 208 Å². The largest absolute Gasteiger partial charge is 0.0622 e. The van der Waals surface area contributed by atoms with Crippen molar-refractivity contribution in [2.45, 2.75) is 26.2 Å². The van der Waals surface area contributed by atoms with Crippen LogP contribution < -0.4 is 0 Å². The molecule has 0 heteroatoms. The van der Waals surface area contributed by atoms with Crippen molar-refractivity contribution in [3.8, 4) is 100 Å². The minimum atomic E-state index is 0.0495. The van der Waals surface area contributed by atoms with E-state index >= 15 is 0 Å². The van der Waals surface area contributed by atoms with E-state index in [0.29, 0.717) is 0 Å². The van der Waals surface area contributed by atoms with E-state index in [4.69, 9.17) is 0 Å². The molecule has 116 heavy (non-hydrogen) atoms. The van der Waals surface area contributed by atoms with Crippen molar-refractivity contribution in [2.75, 3.05) is 0 Å². The second-order valence-corrected chi connectivity index (χ2v) is 31.6. The predicted octanol–water partition coefficient (Wildman–Crippen LogP) is 32.9. The van der Waals surface area contributed by atoms with Crippen molar-refractivity contribution in [1.82, 2.24) is 0 Å². The molecule has 0 nitrogen and oxygen atoms in total. The Kier molecular flexibility index (Phi) is 18.3. The van der Waals surface area contributed by atoms with Crippen LogP contribution in [0, 0.1) is 0 Å².